The van der Waals surface area contributed by atoms with E-state index in [-0.39, 0.29) is 32.4 Å². The predicted molar refractivity (Wildman–Crippen MR) is 89.2 cm³/mol. The number of amides is 1. The average molecular weight is 353 g/mol. The molecule has 1 atom stereocenters. The van der Waals surface area contributed by atoms with E-state index in [4.69, 9.17) is 5.11 Å². The molecular weight excluding hydrogens is 329 g/mol. The van der Waals surface area contributed by atoms with E-state index < -0.39 is 34.8 Å². The van der Waals surface area contributed by atoms with Crippen molar-refractivity contribution in [2.45, 2.75) is 39.2 Å². The van der Waals surface area contributed by atoms with Gasteiger partial charge < -0.3 is 15.5 Å². The zero-order chi connectivity index (χ0) is 19.0. The minimum absolute atomic E-state index is 0.0956. The van der Waals surface area contributed by atoms with Crippen molar-refractivity contribution in [3.05, 3.63) is 35.6 Å². The molecule has 0 bridgehead atoms. The van der Waals surface area contributed by atoms with E-state index in [9.17, 15) is 23.9 Å². The van der Waals surface area contributed by atoms with Crippen molar-refractivity contribution in [1.82, 2.24) is 5.32 Å². The largest absolute Gasteiger partial charge is 0.396 e. The summed E-state index contributed by atoms with van der Waals surface area (Å²) in [6.45, 7) is 2.57. The summed E-state index contributed by atoms with van der Waals surface area (Å²) in [5, 5.41) is 21.3. The summed E-state index contributed by atoms with van der Waals surface area (Å²) in [5.74, 6) is -2.43. The lowest BCUT2D eigenvalue weighted by molar-refractivity contribution is -0.138. The van der Waals surface area contributed by atoms with Gasteiger partial charge in [-0.05, 0) is 18.1 Å². The van der Waals surface area contributed by atoms with Gasteiger partial charge in [-0.3, -0.25) is 14.4 Å². The number of aliphatic hydroxyl groups is 2. The Morgan fingerprint density at radius 3 is 2.36 bits per heavy atom. The fraction of sp³-hybridized carbons (Fsp3) is 0.500. The van der Waals surface area contributed by atoms with E-state index in [1.807, 2.05) is 0 Å². The van der Waals surface area contributed by atoms with Crippen LogP contribution in [-0.4, -0.2) is 46.9 Å². The van der Waals surface area contributed by atoms with E-state index in [0.717, 1.165) is 0 Å². The summed E-state index contributed by atoms with van der Waals surface area (Å²) in [6, 6.07) is 6.04. The van der Waals surface area contributed by atoms with Crippen LogP contribution in [0.2, 0.25) is 0 Å². The third-order valence-electron chi connectivity index (χ3n) is 3.94. The molecule has 0 aliphatic heterocycles. The van der Waals surface area contributed by atoms with Crippen molar-refractivity contribution in [2.24, 2.45) is 5.41 Å². The lowest BCUT2D eigenvalue weighted by atomic mass is 9.87. The minimum Gasteiger partial charge on any atom is -0.396 e. The Morgan fingerprint density at radius 1 is 1.16 bits per heavy atom. The highest BCUT2D eigenvalue weighted by atomic mass is 19.1. The van der Waals surface area contributed by atoms with Crippen molar-refractivity contribution in [2.75, 3.05) is 13.2 Å². The fourth-order valence-electron chi connectivity index (χ4n) is 2.07. The summed E-state index contributed by atoms with van der Waals surface area (Å²) in [7, 11) is 0. The molecule has 25 heavy (non-hydrogen) atoms. The molecule has 0 heterocycles. The molecule has 1 rings (SSSR count). The number of rotatable bonds is 10. The van der Waals surface area contributed by atoms with Crippen molar-refractivity contribution in [1.29, 1.82) is 0 Å². The van der Waals surface area contributed by atoms with Gasteiger partial charge in [-0.1, -0.05) is 32.0 Å². The highest BCUT2D eigenvalue weighted by Gasteiger charge is 2.32. The van der Waals surface area contributed by atoms with Crippen LogP contribution in [0.5, 0.6) is 0 Å². The Morgan fingerprint density at radius 2 is 1.76 bits per heavy atom. The van der Waals surface area contributed by atoms with Gasteiger partial charge in [0.1, 0.15) is 11.9 Å². The Labute approximate surface area is 146 Å². The van der Waals surface area contributed by atoms with Crippen LogP contribution in [0, 0.1) is 11.2 Å². The van der Waals surface area contributed by atoms with Crippen LogP contribution in [0.4, 0.5) is 4.39 Å². The molecule has 0 aliphatic carbocycles. The van der Waals surface area contributed by atoms with Crippen LogP contribution in [0.1, 0.15) is 32.3 Å². The van der Waals surface area contributed by atoms with Gasteiger partial charge in [0.25, 0.3) is 0 Å². The number of carbonyl (C=O) groups is 3. The number of Topliss-reactive ketones (excluding diaryl/α,β-unsaturated/α-hetero) is 2. The summed E-state index contributed by atoms with van der Waals surface area (Å²) in [5.41, 5.74) is -0.643. The molecule has 1 amide bonds. The van der Waals surface area contributed by atoms with Crippen molar-refractivity contribution in [3.8, 4) is 0 Å². The molecule has 1 aromatic carbocycles. The van der Waals surface area contributed by atoms with Gasteiger partial charge >= 0.3 is 0 Å². The molecule has 0 radical (unpaired) electrons. The molecule has 0 fully saturated rings. The lowest BCUT2D eigenvalue weighted by Gasteiger charge is -2.27. The number of carbonyl (C=O) groups excluding carboxylic acids is 3. The maximum absolute atomic E-state index is 13.4. The highest BCUT2D eigenvalue weighted by Crippen LogP contribution is 2.19. The number of nitrogens with one attached hydrogen (secondary N) is 1. The quantitative estimate of drug-likeness (QED) is 0.540. The van der Waals surface area contributed by atoms with Gasteiger partial charge in [-0.25, -0.2) is 4.39 Å². The molecule has 3 N–H and O–H groups in total. The molecule has 6 nitrogen and oxygen atoms in total. The Bertz CT molecular complexity index is 630. The van der Waals surface area contributed by atoms with Gasteiger partial charge in [-0.15, -0.1) is 0 Å². The third-order valence-corrected chi connectivity index (χ3v) is 3.94. The average Bonchev–Trinajstić information content (AvgIpc) is 2.59. The van der Waals surface area contributed by atoms with E-state index in [1.54, 1.807) is 18.2 Å². The van der Waals surface area contributed by atoms with Crippen LogP contribution in [-0.2, 0) is 20.8 Å². The van der Waals surface area contributed by atoms with Crippen LogP contribution in [0.3, 0.4) is 0 Å². The van der Waals surface area contributed by atoms with E-state index in [1.165, 1.54) is 19.9 Å². The molecule has 0 unspecified atom stereocenters. The summed E-state index contributed by atoms with van der Waals surface area (Å²) < 4.78 is 13.4. The van der Waals surface area contributed by atoms with Gasteiger partial charge in [0.05, 0.1) is 6.61 Å². The van der Waals surface area contributed by atoms with Crippen molar-refractivity contribution in [3.63, 3.8) is 0 Å². The molecule has 0 spiro atoms. The van der Waals surface area contributed by atoms with Crippen LogP contribution < -0.4 is 5.32 Å². The van der Waals surface area contributed by atoms with Gasteiger partial charge in [0, 0.05) is 24.8 Å². The number of halogens is 1. The number of benzene rings is 1. The standard InChI is InChI=1S/C18H24FNO5/c1-18(2,11-21)16(24)17(25)20-10-9-15(23)14(22)8-7-12-5-3-4-6-13(12)19/h3-6,16,21,24H,7-11H2,1-2H3,(H,20,25)/t16-/m0/s1. The minimum atomic E-state index is -1.43. The first-order chi connectivity index (χ1) is 11.7. The number of aliphatic hydroxyl groups excluding tert-OH is 2. The van der Waals surface area contributed by atoms with Crippen LogP contribution >= 0.6 is 0 Å². The monoisotopic (exact) mass is 353 g/mol. The summed E-state index contributed by atoms with van der Waals surface area (Å²) in [6.07, 6.45) is -1.60. The SMILES string of the molecule is CC(C)(CO)[C@@H](O)C(=O)NCCC(=O)C(=O)CCc1ccccc1F. The lowest BCUT2D eigenvalue weighted by Crippen LogP contribution is -2.46. The number of hydrogen-bond donors (Lipinski definition) is 3. The first-order valence-corrected chi connectivity index (χ1v) is 8.05. The molecule has 0 aliphatic rings. The summed E-state index contributed by atoms with van der Waals surface area (Å²) in [4.78, 5) is 35.3. The molecule has 1 aromatic rings. The van der Waals surface area contributed by atoms with E-state index in [0.29, 0.717) is 5.56 Å². The molecule has 7 heteroatoms. The topological polar surface area (TPSA) is 104 Å². The first-order valence-electron chi connectivity index (χ1n) is 8.05. The van der Waals surface area contributed by atoms with Gasteiger partial charge in [0.15, 0.2) is 11.6 Å². The number of ketones is 2. The number of hydrogen-bond acceptors (Lipinski definition) is 5. The van der Waals surface area contributed by atoms with Crippen molar-refractivity contribution < 1.29 is 29.0 Å². The molecule has 0 saturated heterocycles. The Kier molecular flexibility index (Phi) is 7.86. The maximum Gasteiger partial charge on any atom is 0.249 e. The zero-order valence-corrected chi connectivity index (χ0v) is 14.4. The Balaban J connectivity index is 2.38. The third kappa shape index (κ3) is 6.36. The van der Waals surface area contributed by atoms with Crippen molar-refractivity contribution >= 4 is 17.5 Å². The molecule has 0 aromatic heterocycles. The van der Waals surface area contributed by atoms with Crippen LogP contribution in [0.25, 0.3) is 0 Å². The van der Waals surface area contributed by atoms with E-state index >= 15 is 0 Å². The number of aryl methyl sites for hydroxylation is 1. The molecule has 138 valence electrons. The zero-order valence-electron chi connectivity index (χ0n) is 14.4. The maximum atomic E-state index is 13.4. The first kappa shape index (κ1) is 20.9. The highest BCUT2D eigenvalue weighted by molar-refractivity contribution is 6.37. The van der Waals surface area contributed by atoms with Gasteiger partial charge in [0.2, 0.25) is 5.91 Å². The normalized spacial score (nSPS) is 12.5. The van der Waals surface area contributed by atoms with E-state index in [2.05, 4.69) is 5.32 Å². The molecular formula is C18H24FNO5. The van der Waals surface area contributed by atoms with Crippen LogP contribution in [0.15, 0.2) is 24.3 Å². The van der Waals surface area contributed by atoms with Gasteiger partial charge in [-0.2, -0.15) is 0 Å². The smallest absolute Gasteiger partial charge is 0.249 e. The second kappa shape index (κ2) is 9.39. The Hall–Kier alpha value is -2.12. The summed E-state index contributed by atoms with van der Waals surface area (Å²) >= 11 is 0. The predicted octanol–water partition coefficient (Wildman–Crippen LogP) is 0.782. The molecule has 0 saturated carbocycles. The fourth-order valence-corrected chi connectivity index (χ4v) is 2.07. The second-order valence-corrected chi connectivity index (χ2v) is 6.53. The second-order valence-electron chi connectivity index (χ2n) is 6.53.